The first-order valence-electron chi connectivity index (χ1n) is 9.98. The van der Waals surface area contributed by atoms with E-state index in [2.05, 4.69) is 20.9 Å². The molecule has 1 aromatic heterocycles. The number of carbonyl (C=O) groups excluding carboxylic acids is 3. The van der Waals surface area contributed by atoms with Crippen molar-refractivity contribution < 1.29 is 19.3 Å². The molecule has 0 spiro atoms. The van der Waals surface area contributed by atoms with E-state index < -0.39 is 10.8 Å². The number of nitro groups is 1. The quantitative estimate of drug-likeness (QED) is 0.292. The number of hydrogen-bond acceptors (Lipinski definition) is 8. The summed E-state index contributed by atoms with van der Waals surface area (Å²) in [5.41, 5.74) is 2.34. The Labute approximate surface area is 203 Å². The van der Waals surface area contributed by atoms with Gasteiger partial charge in [0.1, 0.15) is 0 Å². The Morgan fingerprint density at radius 3 is 2.38 bits per heavy atom. The molecule has 10 nitrogen and oxygen atoms in total. The van der Waals surface area contributed by atoms with Crippen LogP contribution in [-0.4, -0.2) is 33.4 Å². The maximum Gasteiger partial charge on any atom is 0.273 e. The van der Waals surface area contributed by atoms with Crippen molar-refractivity contribution >= 4 is 63.0 Å². The summed E-state index contributed by atoms with van der Waals surface area (Å²) < 4.78 is 0. The van der Waals surface area contributed by atoms with Crippen molar-refractivity contribution in [2.24, 2.45) is 0 Å². The molecule has 12 heteroatoms. The lowest BCUT2D eigenvalue weighted by molar-refractivity contribution is -0.385. The van der Waals surface area contributed by atoms with Gasteiger partial charge in [-0.15, -0.1) is 23.1 Å². The minimum Gasteiger partial charge on any atom is -0.326 e. The number of thioether (sulfide) groups is 1. The Hall–Kier alpha value is -3.77. The zero-order valence-electron chi connectivity index (χ0n) is 18.3. The second-order valence-corrected chi connectivity index (χ2v) is 8.95. The van der Waals surface area contributed by atoms with E-state index in [9.17, 15) is 24.5 Å². The van der Waals surface area contributed by atoms with Gasteiger partial charge in [-0.1, -0.05) is 6.07 Å². The second-order valence-electron chi connectivity index (χ2n) is 7.10. The standard InChI is InChI=1S/C22H21N5O5S2/c1-13-18(4-3-5-19(13)27(31)32)21(30)26-22-25-17(11-34-22)10-33-12-20(29)24-16-8-6-15(7-9-16)23-14(2)28/h3-9,11H,10,12H2,1-2H3,(H,23,28)(H,24,29)(H,25,26,30). The number of nitrogens with one attached hydrogen (secondary N) is 3. The fourth-order valence-electron chi connectivity index (χ4n) is 2.95. The Morgan fingerprint density at radius 1 is 1.06 bits per heavy atom. The van der Waals surface area contributed by atoms with E-state index in [4.69, 9.17) is 0 Å². The van der Waals surface area contributed by atoms with Crippen LogP contribution in [0, 0.1) is 17.0 Å². The van der Waals surface area contributed by atoms with Crippen LogP contribution in [0.15, 0.2) is 47.8 Å². The first kappa shape index (κ1) is 24.9. The van der Waals surface area contributed by atoms with Crippen molar-refractivity contribution in [3.05, 3.63) is 74.8 Å². The molecule has 0 bridgehead atoms. The third kappa shape index (κ3) is 6.86. The molecular weight excluding hydrogens is 478 g/mol. The van der Waals surface area contributed by atoms with Crippen molar-refractivity contribution in [3.8, 4) is 0 Å². The highest BCUT2D eigenvalue weighted by Crippen LogP contribution is 2.24. The molecule has 0 radical (unpaired) electrons. The van der Waals surface area contributed by atoms with Crippen molar-refractivity contribution in [3.63, 3.8) is 0 Å². The number of rotatable bonds is 9. The largest absolute Gasteiger partial charge is 0.326 e. The van der Waals surface area contributed by atoms with Gasteiger partial charge in [-0.25, -0.2) is 4.98 Å². The fraction of sp³-hybridized carbons (Fsp3) is 0.182. The summed E-state index contributed by atoms with van der Waals surface area (Å²) in [6.07, 6.45) is 0. The van der Waals surface area contributed by atoms with Crippen LogP contribution in [0.4, 0.5) is 22.2 Å². The molecule has 0 unspecified atom stereocenters. The number of carbonyl (C=O) groups is 3. The van der Waals surface area contributed by atoms with Crippen molar-refractivity contribution in [1.29, 1.82) is 0 Å². The second kappa shape index (κ2) is 11.4. The average Bonchev–Trinajstić information content (AvgIpc) is 3.21. The molecule has 3 amide bonds. The van der Waals surface area contributed by atoms with E-state index >= 15 is 0 Å². The molecule has 3 rings (SSSR count). The SMILES string of the molecule is CC(=O)Nc1ccc(NC(=O)CSCc2csc(NC(=O)c3cccc([N+](=O)[O-])c3C)n2)cc1. The first-order chi connectivity index (χ1) is 16.2. The van der Waals surface area contributed by atoms with Crippen LogP contribution in [0.2, 0.25) is 0 Å². The average molecular weight is 500 g/mol. The minimum atomic E-state index is -0.526. The van der Waals surface area contributed by atoms with Crippen LogP contribution in [0.5, 0.6) is 0 Å². The molecule has 0 fully saturated rings. The number of nitro benzene ring substituents is 1. The predicted molar refractivity (Wildman–Crippen MR) is 133 cm³/mol. The van der Waals surface area contributed by atoms with Gasteiger partial charge in [0, 0.05) is 46.6 Å². The fourth-order valence-corrected chi connectivity index (χ4v) is 4.48. The Bertz CT molecular complexity index is 1230. The predicted octanol–water partition coefficient (Wildman–Crippen LogP) is 4.44. The lowest BCUT2D eigenvalue weighted by Crippen LogP contribution is -2.14. The molecule has 3 N–H and O–H groups in total. The van der Waals surface area contributed by atoms with Crippen molar-refractivity contribution in [2.45, 2.75) is 19.6 Å². The topological polar surface area (TPSA) is 143 Å². The molecule has 34 heavy (non-hydrogen) atoms. The van der Waals surface area contributed by atoms with Gasteiger partial charge in [0.05, 0.1) is 16.4 Å². The maximum atomic E-state index is 12.5. The van der Waals surface area contributed by atoms with Crippen LogP contribution in [0.3, 0.4) is 0 Å². The lowest BCUT2D eigenvalue weighted by Gasteiger charge is -2.07. The zero-order valence-corrected chi connectivity index (χ0v) is 19.9. The van der Waals surface area contributed by atoms with Gasteiger partial charge in [0.15, 0.2) is 5.13 Å². The molecule has 0 aliphatic carbocycles. The third-order valence-corrected chi connectivity index (χ3v) is 6.26. The van der Waals surface area contributed by atoms with Crippen LogP contribution in [0.1, 0.15) is 28.5 Å². The summed E-state index contributed by atoms with van der Waals surface area (Å²) in [7, 11) is 0. The number of hydrogen-bond donors (Lipinski definition) is 3. The van der Waals surface area contributed by atoms with Crippen LogP contribution >= 0.6 is 23.1 Å². The lowest BCUT2D eigenvalue weighted by atomic mass is 10.1. The molecule has 0 atom stereocenters. The first-order valence-corrected chi connectivity index (χ1v) is 12.0. The van der Waals surface area contributed by atoms with Gasteiger partial charge in [0.2, 0.25) is 11.8 Å². The van der Waals surface area contributed by atoms with Crippen LogP contribution < -0.4 is 16.0 Å². The van der Waals surface area contributed by atoms with E-state index in [0.29, 0.717) is 28.0 Å². The summed E-state index contributed by atoms with van der Waals surface area (Å²) in [5.74, 6) is -0.144. The van der Waals surface area contributed by atoms with Gasteiger partial charge in [-0.2, -0.15) is 0 Å². The number of benzene rings is 2. The van der Waals surface area contributed by atoms with Gasteiger partial charge >= 0.3 is 0 Å². The minimum absolute atomic E-state index is 0.120. The summed E-state index contributed by atoms with van der Waals surface area (Å²) in [5, 5.41) is 21.3. The molecule has 0 aliphatic heterocycles. The van der Waals surface area contributed by atoms with E-state index in [1.54, 1.807) is 29.6 Å². The van der Waals surface area contributed by atoms with Crippen LogP contribution in [-0.2, 0) is 15.3 Å². The third-order valence-electron chi connectivity index (χ3n) is 4.49. The highest BCUT2D eigenvalue weighted by atomic mass is 32.2. The molecule has 176 valence electrons. The molecule has 3 aromatic rings. The Balaban J connectivity index is 1.47. The van der Waals surface area contributed by atoms with Crippen molar-refractivity contribution in [2.75, 3.05) is 21.7 Å². The molecule has 2 aromatic carbocycles. The normalized spacial score (nSPS) is 10.4. The van der Waals surface area contributed by atoms with Gasteiger partial charge in [0.25, 0.3) is 11.6 Å². The summed E-state index contributed by atoms with van der Waals surface area (Å²) >= 11 is 2.60. The highest BCUT2D eigenvalue weighted by molar-refractivity contribution is 7.99. The molecule has 0 saturated carbocycles. The van der Waals surface area contributed by atoms with Gasteiger partial charge < -0.3 is 10.6 Å². The summed E-state index contributed by atoms with van der Waals surface area (Å²) in [6.45, 7) is 2.95. The Kier molecular flexibility index (Phi) is 8.33. The van der Waals surface area contributed by atoms with Gasteiger partial charge in [-0.3, -0.25) is 29.8 Å². The van der Waals surface area contributed by atoms with E-state index in [-0.39, 0.29) is 34.4 Å². The van der Waals surface area contributed by atoms with E-state index in [1.807, 2.05) is 0 Å². The number of thiazole rings is 1. The van der Waals surface area contributed by atoms with E-state index in [0.717, 1.165) is 0 Å². The number of nitrogens with zero attached hydrogens (tertiary/aromatic N) is 2. The highest BCUT2D eigenvalue weighted by Gasteiger charge is 2.19. The monoisotopic (exact) mass is 499 g/mol. The molecule has 1 heterocycles. The molecule has 0 aliphatic rings. The molecule has 0 saturated heterocycles. The van der Waals surface area contributed by atoms with Crippen LogP contribution in [0.25, 0.3) is 0 Å². The van der Waals surface area contributed by atoms with Crippen molar-refractivity contribution in [1.82, 2.24) is 4.98 Å². The summed E-state index contributed by atoms with van der Waals surface area (Å²) in [6, 6.07) is 11.1. The zero-order chi connectivity index (χ0) is 24.7. The smallest absolute Gasteiger partial charge is 0.273 e. The number of aromatic nitrogens is 1. The van der Waals surface area contributed by atoms with Gasteiger partial charge in [-0.05, 0) is 37.3 Å². The molecular formula is C22H21N5O5S2. The maximum absolute atomic E-state index is 12.5. The Morgan fingerprint density at radius 2 is 1.74 bits per heavy atom. The van der Waals surface area contributed by atoms with E-state index in [1.165, 1.54) is 55.1 Å². The summed E-state index contributed by atoms with van der Waals surface area (Å²) in [4.78, 5) is 50.6. The number of anilines is 3. The number of amides is 3.